The molecule has 0 unspecified atom stereocenters. The van der Waals surface area contributed by atoms with E-state index in [9.17, 15) is 10.1 Å². The Morgan fingerprint density at radius 1 is 1.30 bits per heavy atom. The van der Waals surface area contributed by atoms with Crippen LogP contribution >= 0.6 is 23.1 Å². The molecule has 6 nitrogen and oxygen atoms in total. The van der Waals surface area contributed by atoms with Gasteiger partial charge in [-0.3, -0.25) is 10.1 Å². The Balaban J connectivity index is 1.78. The third-order valence-corrected chi connectivity index (χ3v) is 5.22. The predicted molar refractivity (Wildman–Crippen MR) is 91.7 cm³/mol. The molecule has 0 radical (unpaired) electrons. The van der Waals surface area contributed by atoms with Crippen molar-refractivity contribution in [3.8, 4) is 11.4 Å². The van der Waals surface area contributed by atoms with E-state index >= 15 is 0 Å². The monoisotopic (exact) mass is 346 g/mol. The second-order valence-electron chi connectivity index (χ2n) is 4.76. The van der Waals surface area contributed by atoms with Crippen LogP contribution in [0.1, 0.15) is 12.5 Å². The van der Waals surface area contributed by atoms with Crippen LogP contribution in [-0.2, 0) is 12.3 Å². The zero-order valence-electron chi connectivity index (χ0n) is 12.4. The van der Waals surface area contributed by atoms with Crippen molar-refractivity contribution in [2.24, 2.45) is 0 Å². The summed E-state index contributed by atoms with van der Waals surface area (Å²) in [6.45, 7) is 2.82. The molecule has 0 aliphatic heterocycles. The van der Waals surface area contributed by atoms with Crippen molar-refractivity contribution in [1.82, 2.24) is 14.8 Å². The normalized spacial score (nSPS) is 10.8. The van der Waals surface area contributed by atoms with Gasteiger partial charge in [-0.1, -0.05) is 53.4 Å². The van der Waals surface area contributed by atoms with Crippen molar-refractivity contribution in [3.63, 3.8) is 0 Å². The van der Waals surface area contributed by atoms with Gasteiger partial charge in [0, 0.05) is 29.3 Å². The highest BCUT2D eigenvalue weighted by molar-refractivity contribution is 7.98. The molecule has 0 spiro atoms. The molecule has 0 fully saturated rings. The highest BCUT2D eigenvalue weighted by Gasteiger charge is 2.14. The van der Waals surface area contributed by atoms with Gasteiger partial charge in [0.25, 0.3) is 0 Å². The third kappa shape index (κ3) is 3.43. The lowest BCUT2D eigenvalue weighted by atomic mass is 10.2. The van der Waals surface area contributed by atoms with Crippen LogP contribution in [0.5, 0.6) is 0 Å². The van der Waals surface area contributed by atoms with Crippen LogP contribution in [-0.4, -0.2) is 19.7 Å². The highest BCUT2D eigenvalue weighted by atomic mass is 32.2. The second kappa shape index (κ2) is 6.93. The van der Waals surface area contributed by atoms with Crippen LogP contribution in [0.2, 0.25) is 0 Å². The minimum Gasteiger partial charge on any atom is -0.302 e. The fourth-order valence-corrected chi connectivity index (χ4v) is 3.93. The first-order valence-electron chi connectivity index (χ1n) is 7.02. The van der Waals surface area contributed by atoms with Crippen LogP contribution < -0.4 is 0 Å². The molecule has 118 valence electrons. The van der Waals surface area contributed by atoms with Crippen molar-refractivity contribution >= 4 is 28.1 Å². The number of hydrogen-bond donors (Lipinski definition) is 0. The summed E-state index contributed by atoms with van der Waals surface area (Å²) in [5.74, 6) is 1.48. The number of thioether (sulfide) groups is 1. The average molecular weight is 346 g/mol. The van der Waals surface area contributed by atoms with E-state index in [4.69, 9.17) is 0 Å². The Bertz CT molecular complexity index is 814. The maximum absolute atomic E-state index is 10.7. The van der Waals surface area contributed by atoms with E-state index in [1.807, 2.05) is 35.7 Å². The zero-order chi connectivity index (χ0) is 16.2. The standard InChI is InChI=1S/C15H14N4O2S2/c1-2-18-14(12-6-4-3-5-7-12)16-17-15(18)23-10-11-8-13(19(20)21)22-9-11/h3-9H,2,10H2,1H3. The number of aromatic nitrogens is 3. The van der Waals surface area contributed by atoms with Gasteiger partial charge < -0.3 is 4.57 Å². The maximum atomic E-state index is 10.7. The molecule has 0 atom stereocenters. The molecule has 0 bridgehead atoms. The molecule has 0 saturated carbocycles. The van der Waals surface area contributed by atoms with Gasteiger partial charge >= 0.3 is 5.00 Å². The number of hydrogen-bond acceptors (Lipinski definition) is 6. The fourth-order valence-electron chi connectivity index (χ4n) is 2.16. The molecular formula is C15H14N4O2S2. The van der Waals surface area contributed by atoms with Gasteiger partial charge in [0.2, 0.25) is 0 Å². The highest BCUT2D eigenvalue weighted by Crippen LogP contribution is 2.29. The van der Waals surface area contributed by atoms with Gasteiger partial charge in [-0.15, -0.1) is 10.2 Å². The molecule has 8 heteroatoms. The molecule has 0 saturated heterocycles. The number of thiophene rings is 1. The van der Waals surface area contributed by atoms with E-state index in [1.54, 1.807) is 6.07 Å². The van der Waals surface area contributed by atoms with Gasteiger partial charge in [-0.2, -0.15) is 0 Å². The molecule has 3 rings (SSSR count). The summed E-state index contributed by atoms with van der Waals surface area (Å²) in [5.41, 5.74) is 1.96. The molecule has 0 aliphatic carbocycles. The summed E-state index contributed by atoms with van der Waals surface area (Å²) in [7, 11) is 0. The van der Waals surface area contributed by atoms with Gasteiger partial charge in [-0.05, 0) is 12.5 Å². The largest absolute Gasteiger partial charge is 0.324 e. The topological polar surface area (TPSA) is 73.8 Å². The van der Waals surface area contributed by atoms with Crippen LogP contribution in [0.3, 0.4) is 0 Å². The molecule has 1 aromatic carbocycles. The zero-order valence-corrected chi connectivity index (χ0v) is 14.0. The Labute approximate surface area is 141 Å². The lowest BCUT2D eigenvalue weighted by molar-refractivity contribution is -0.380. The van der Waals surface area contributed by atoms with Crippen molar-refractivity contribution in [3.05, 3.63) is 57.5 Å². The molecule has 0 N–H and O–H groups in total. The van der Waals surface area contributed by atoms with Gasteiger partial charge in [0.1, 0.15) is 0 Å². The van der Waals surface area contributed by atoms with E-state index in [0.29, 0.717) is 5.75 Å². The quantitative estimate of drug-likeness (QED) is 0.379. The molecule has 2 aromatic heterocycles. The lowest BCUT2D eigenvalue weighted by Gasteiger charge is -2.06. The molecule has 23 heavy (non-hydrogen) atoms. The molecule has 2 heterocycles. The van der Waals surface area contributed by atoms with Gasteiger partial charge in [0.15, 0.2) is 11.0 Å². The smallest absolute Gasteiger partial charge is 0.302 e. The SMILES string of the molecule is CCn1c(SCc2csc([N+](=O)[O-])c2)nnc1-c1ccccc1. The first-order valence-corrected chi connectivity index (χ1v) is 8.88. The Morgan fingerprint density at radius 3 is 2.74 bits per heavy atom. The van der Waals surface area contributed by atoms with E-state index in [1.165, 1.54) is 11.8 Å². The Kier molecular flexibility index (Phi) is 4.73. The van der Waals surface area contributed by atoms with Crippen LogP contribution in [0, 0.1) is 10.1 Å². The summed E-state index contributed by atoms with van der Waals surface area (Å²) in [4.78, 5) is 10.4. The summed E-state index contributed by atoms with van der Waals surface area (Å²) in [6, 6.07) is 11.5. The minimum atomic E-state index is -0.360. The van der Waals surface area contributed by atoms with Crippen molar-refractivity contribution in [2.45, 2.75) is 24.4 Å². The minimum absolute atomic E-state index is 0.169. The fraction of sp³-hybridized carbons (Fsp3) is 0.200. The van der Waals surface area contributed by atoms with Crippen molar-refractivity contribution < 1.29 is 4.92 Å². The number of benzene rings is 1. The maximum Gasteiger partial charge on any atom is 0.324 e. The number of nitrogens with zero attached hydrogens (tertiary/aromatic N) is 4. The molecular weight excluding hydrogens is 332 g/mol. The molecule has 0 aliphatic rings. The Hall–Kier alpha value is -2.19. The van der Waals surface area contributed by atoms with Crippen molar-refractivity contribution in [1.29, 1.82) is 0 Å². The summed E-state index contributed by atoms with van der Waals surface area (Å²) >= 11 is 2.69. The number of nitro groups is 1. The van der Waals surface area contributed by atoms with E-state index in [-0.39, 0.29) is 9.92 Å². The summed E-state index contributed by atoms with van der Waals surface area (Å²) < 4.78 is 2.06. The Morgan fingerprint density at radius 2 is 2.09 bits per heavy atom. The van der Waals surface area contributed by atoms with Gasteiger partial charge in [0.05, 0.1) is 4.92 Å². The number of rotatable bonds is 6. The summed E-state index contributed by atoms with van der Waals surface area (Å²) in [5, 5.41) is 22.1. The second-order valence-corrected chi connectivity index (χ2v) is 6.59. The van der Waals surface area contributed by atoms with Crippen LogP contribution in [0.15, 0.2) is 46.9 Å². The molecule has 3 aromatic rings. The molecule has 0 amide bonds. The van der Waals surface area contributed by atoms with E-state index < -0.39 is 0 Å². The summed E-state index contributed by atoms with van der Waals surface area (Å²) in [6.07, 6.45) is 0. The van der Waals surface area contributed by atoms with Crippen LogP contribution in [0.25, 0.3) is 11.4 Å². The average Bonchev–Trinajstić information content (AvgIpc) is 3.20. The lowest BCUT2D eigenvalue weighted by Crippen LogP contribution is -1.99. The third-order valence-electron chi connectivity index (χ3n) is 3.25. The van der Waals surface area contributed by atoms with Crippen LogP contribution in [0.4, 0.5) is 5.00 Å². The van der Waals surface area contributed by atoms with Crippen molar-refractivity contribution in [2.75, 3.05) is 0 Å². The van der Waals surface area contributed by atoms with E-state index in [0.717, 1.165) is 40.0 Å². The first kappa shape index (κ1) is 15.7. The first-order chi connectivity index (χ1) is 11.2. The predicted octanol–water partition coefficient (Wildman–Crippen LogP) is 4.23. The van der Waals surface area contributed by atoms with E-state index in [2.05, 4.69) is 21.7 Å². The van der Waals surface area contributed by atoms with Gasteiger partial charge in [-0.25, -0.2) is 0 Å².